The summed E-state index contributed by atoms with van der Waals surface area (Å²) in [4.78, 5) is 9.85. The fourth-order valence-corrected chi connectivity index (χ4v) is 20.5. The van der Waals surface area contributed by atoms with E-state index in [0.29, 0.717) is 0 Å². The molecule has 0 aliphatic rings. The topological polar surface area (TPSA) is 24.3 Å². The zero-order chi connectivity index (χ0) is 86.7. The van der Waals surface area contributed by atoms with Crippen molar-refractivity contribution >= 4 is 164 Å². The van der Waals surface area contributed by atoms with Gasteiger partial charge in [-0.25, -0.2) is 4.98 Å². The van der Waals surface area contributed by atoms with Crippen molar-refractivity contribution in [3.05, 3.63) is 510 Å². The number of benzene rings is 25. The van der Waals surface area contributed by atoms with Crippen LogP contribution >= 0.6 is 0 Å². The summed E-state index contributed by atoms with van der Waals surface area (Å²) < 4.78 is 2.26. The van der Waals surface area contributed by atoms with E-state index in [2.05, 4.69) is 524 Å². The van der Waals surface area contributed by atoms with Crippen molar-refractivity contribution < 1.29 is 0 Å². The van der Waals surface area contributed by atoms with Crippen LogP contribution in [0.1, 0.15) is 0 Å². The maximum absolute atomic E-state index is 5.12. The van der Waals surface area contributed by atoms with E-state index < -0.39 is 0 Å². The average molecular weight is 1670 g/mol. The molecule has 0 unspecified atom stereocenters. The minimum Gasteiger partial charge on any atom is -0.310 e. The van der Waals surface area contributed by atoms with Gasteiger partial charge in [0.2, 0.25) is 0 Å². The highest BCUT2D eigenvalue weighted by molar-refractivity contribution is 6.30. The summed E-state index contributed by atoms with van der Waals surface area (Å²) in [5.41, 5.74) is 23.7. The Morgan fingerprint density at radius 3 is 0.939 bits per heavy atom. The SMILES string of the molecule is c1ccc(-n2c(-c3ccc(-c4ccc5c(-c6ccc7ccccc7c6)c6ccccc6c(-c6ccc7ccccc7c6)c5c4)cc3)nc3ccccc32)cc1.c1ccc(N(c2ccccc2)c2ccc3ccc4c(N(c5ccccc5)c5ccccc5)ccc5ccc2c3c54)cc1.c1ccc2c(-c3c4ccccc4c(-c4cccc5ccccc45)c4ccccc34)cccc2c1. The number of aromatic nitrogens is 2. The van der Waals surface area contributed by atoms with E-state index in [1.54, 1.807) is 0 Å². The zero-order valence-electron chi connectivity index (χ0n) is 71.8. The number of rotatable bonds is 13. The molecule has 0 radical (unpaired) electrons. The highest BCUT2D eigenvalue weighted by Crippen LogP contribution is 2.52. The molecule has 131 heavy (non-hydrogen) atoms. The smallest absolute Gasteiger partial charge is 0.145 e. The Hall–Kier alpha value is -17.3. The van der Waals surface area contributed by atoms with Gasteiger partial charge in [0.1, 0.15) is 5.82 Å². The summed E-state index contributed by atoms with van der Waals surface area (Å²) in [5, 5.41) is 27.8. The number of hydrogen-bond donors (Lipinski definition) is 0. The molecule has 0 amide bonds. The molecular formula is C127H84N4. The number of nitrogens with zero attached hydrogens (tertiary/aromatic N) is 4. The van der Waals surface area contributed by atoms with Crippen molar-refractivity contribution in [2.24, 2.45) is 0 Å². The van der Waals surface area contributed by atoms with Crippen LogP contribution in [-0.2, 0) is 0 Å². The lowest BCUT2D eigenvalue weighted by Gasteiger charge is -2.29. The molecule has 0 aliphatic heterocycles. The first kappa shape index (κ1) is 77.3. The van der Waals surface area contributed by atoms with Gasteiger partial charge in [-0.3, -0.25) is 4.57 Å². The maximum Gasteiger partial charge on any atom is 0.145 e. The second-order valence-corrected chi connectivity index (χ2v) is 33.9. The standard InChI is InChI=1S/C53H34N2.C40H28N2.C34H22/c1-2-16-44(17-3-1)55-50-21-11-10-20-49(50)54-53(55)38-26-22-37(23-27-38)41-30-31-47-48(34-41)52(43-29-25-36-13-5-7-15-40(36)33-43)46-19-9-8-18-45(46)51(47)42-28-24-35-12-4-6-14-39(35)32-42;1-5-13-31(14-6-1)41(32-15-7-2-8-16-32)37-27-23-29-22-26-36-38(28-24-30-21-25-35(37)39(29)40(30)36)42(33-17-9-3-10-18-33)34-19-11-4-12-20-34;1-3-15-25-23(11-1)13-9-21-27(25)33-29-17-5-7-19-31(29)34(32-20-8-6-18-30(32)33)28-22-10-14-24-12-2-4-16-26(24)28/h1-34H;1-28H;1-22H. The van der Waals surface area contributed by atoms with Crippen molar-refractivity contribution in [1.29, 1.82) is 0 Å². The third-order valence-electron chi connectivity index (χ3n) is 26.4. The van der Waals surface area contributed by atoms with Gasteiger partial charge in [0.05, 0.1) is 22.4 Å². The minimum absolute atomic E-state index is 0.933. The van der Waals surface area contributed by atoms with E-state index in [1.807, 2.05) is 0 Å². The lowest BCUT2D eigenvalue weighted by atomic mass is 9.84. The van der Waals surface area contributed by atoms with Crippen molar-refractivity contribution in [1.82, 2.24) is 9.55 Å². The van der Waals surface area contributed by atoms with Crippen LogP contribution in [0.15, 0.2) is 510 Å². The third kappa shape index (κ3) is 13.9. The molecule has 4 heteroatoms. The molecule has 0 N–H and O–H groups in total. The summed E-state index contributed by atoms with van der Waals surface area (Å²) in [5.74, 6) is 0.933. The third-order valence-corrected chi connectivity index (χ3v) is 26.4. The van der Waals surface area contributed by atoms with Gasteiger partial charge in [0, 0.05) is 44.8 Å². The van der Waals surface area contributed by atoms with Crippen molar-refractivity contribution in [3.63, 3.8) is 0 Å². The van der Waals surface area contributed by atoms with Crippen LogP contribution in [0.5, 0.6) is 0 Å². The Bertz CT molecular complexity index is 8390. The van der Waals surface area contributed by atoms with Gasteiger partial charge in [0.25, 0.3) is 0 Å². The molecule has 25 aromatic carbocycles. The largest absolute Gasteiger partial charge is 0.310 e. The van der Waals surface area contributed by atoms with Crippen LogP contribution in [0.4, 0.5) is 34.1 Å². The summed E-state index contributed by atoms with van der Waals surface area (Å²) in [6, 6.07) is 184. The molecule has 0 bridgehead atoms. The molecule has 1 aromatic heterocycles. The highest BCUT2D eigenvalue weighted by Gasteiger charge is 2.26. The van der Waals surface area contributed by atoms with E-state index in [-0.39, 0.29) is 0 Å². The summed E-state index contributed by atoms with van der Waals surface area (Å²) in [7, 11) is 0. The van der Waals surface area contributed by atoms with Crippen molar-refractivity contribution in [3.8, 4) is 72.7 Å². The fraction of sp³-hybridized carbons (Fsp3) is 0. The molecule has 1 heterocycles. The summed E-state index contributed by atoms with van der Waals surface area (Å²) in [6.07, 6.45) is 0. The lowest BCUT2D eigenvalue weighted by Crippen LogP contribution is -2.11. The van der Waals surface area contributed by atoms with Gasteiger partial charge in [-0.1, -0.05) is 406 Å². The number of para-hydroxylation sites is 7. The second-order valence-electron chi connectivity index (χ2n) is 33.9. The second kappa shape index (κ2) is 33.2. The van der Waals surface area contributed by atoms with Crippen LogP contribution in [0.2, 0.25) is 0 Å². The van der Waals surface area contributed by atoms with E-state index in [4.69, 9.17) is 4.98 Å². The normalized spacial score (nSPS) is 11.5. The van der Waals surface area contributed by atoms with E-state index in [9.17, 15) is 0 Å². The lowest BCUT2D eigenvalue weighted by molar-refractivity contribution is 1.10. The van der Waals surface area contributed by atoms with E-state index in [1.165, 1.54) is 180 Å². The van der Waals surface area contributed by atoms with Crippen molar-refractivity contribution in [2.45, 2.75) is 0 Å². The van der Waals surface area contributed by atoms with Gasteiger partial charge < -0.3 is 9.80 Å². The molecule has 0 aliphatic carbocycles. The first-order valence-electron chi connectivity index (χ1n) is 45.0. The van der Waals surface area contributed by atoms with Gasteiger partial charge in [-0.2, -0.15) is 0 Å². The number of hydrogen-bond acceptors (Lipinski definition) is 3. The van der Waals surface area contributed by atoms with Crippen LogP contribution in [-0.4, -0.2) is 9.55 Å². The molecule has 4 nitrogen and oxygen atoms in total. The average Bonchev–Trinajstić information content (AvgIpc) is 1.60. The molecule has 26 rings (SSSR count). The molecule has 0 fully saturated rings. The monoisotopic (exact) mass is 1660 g/mol. The van der Waals surface area contributed by atoms with E-state index >= 15 is 0 Å². The Balaban J connectivity index is 0.000000112. The zero-order valence-corrected chi connectivity index (χ0v) is 71.8. The van der Waals surface area contributed by atoms with Crippen LogP contribution < -0.4 is 9.80 Å². The van der Waals surface area contributed by atoms with E-state index in [0.717, 1.165) is 56.4 Å². The number of fused-ring (bicyclic) bond motifs is 9. The van der Waals surface area contributed by atoms with Gasteiger partial charge in [-0.05, 0) is 266 Å². The molecule has 0 saturated carbocycles. The predicted molar refractivity (Wildman–Crippen MR) is 560 cm³/mol. The molecule has 26 aromatic rings. The minimum atomic E-state index is 0.933. The van der Waals surface area contributed by atoms with Gasteiger partial charge in [0.15, 0.2) is 0 Å². The molecule has 0 spiro atoms. The molecule has 612 valence electrons. The fourth-order valence-electron chi connectivity index (χ4n) is 20.5. The van der Waals surface area contributed by atoms with Gasteiger partial charge in [-0.15, -0.1) is 0 Å². The Morgan fingerprint density at radius 2 is 0.489 bits per heavy atom. The summed E-state index contributed by atoms with van der Waals surface area (Å²) in [6.45, 7) is 0. The van der Waals surface area contributed by atoms with Crippen LogP contribution in [0.25, 0.3) is 202 Å². The van der Waals surface area contributed by atoms with Crippen LogP contribution in [0, 0.1) is 0 Å². The predicted octanol–water partition coefficient (Wildman–Crippen LogP) is 35.5. The van der Waals surface area contributed by atoms with Crippen LogP contribution in [0.3, 0.4) is 0 Å². The quantitative estimate of drug-likeness (QED) is 0.0849. The number of anilines is 6. The Morgan fingerprint density at radius 1 is 0.176 bits per heavy atom. The Kier molecular flexibility index (Phi) is 19.6. The molecular weight excluding hydrogens is 1580 g/mol. The molecule has 0 saturated heterocycles. The van der Waals surface area contributed by atoms with Crippen molar-refractivity contribution in [2.75, 3.05) is 9.80 Å². The Labute approximate surface area is 760 Å². The first-order chi connectivity index (χ1) is 65.0. The molecule has 0 atom stereocenters. The summed E-state index contributed by atoms with van der Waals surface area (Å²) >= 11 is 0. The number of imidazole rings is 1. The first-order valence-corrected chi connectivity index (χ1v) is 45.0. The van der Waals surface area contributed by atoms with Gasteiger partial charge >= 0.3 is 0 Å². The highest BCUT2D eigenvalue weighted by atomic mass is 15.2. The maximum atomic E-state index is 5.12.